The van der Waals surface area contributed by atoms with E-state index in [-0.39, 0.29) is 23.6 Å². The molecule has 3 heterocycles. The number of anilines is 3. The Kier molecular flexibility index (Phi) is 12.9. The van der Waals surface area contributed by atoms with Gasteiger partial charge < -0.3 is 35.3 Å². The molecule has 2 aromatic carbocycles. The SMILES string of the molecule is C1CCOC1.COCCNC/C=C/C(=O)Nc1cc2c(Nc3ccc(OCc4ccccn4)c(Cl)c3)c(C#N)cnc2cc1O. The lowest BCUT2D eigenvalue weighted by Gasteiger charge is -2.15. The van der Waals surface area contributed by atoms with Gasteiger partial charge in [0.1, 0.15) is 24.2 Å². The van der Waals surface area contributed by atoms with Gasteiger partial charge in [-0.3, -0.25) is 14.8 Å². The number of nitriles is 1. The number of halogens is 1. The van der Waals surface area contributed by atoms with Crippen molar-refractivity contribution in [2.24, 2.45) is 0 Å². The molecule has 1 aliphatic heterocycles. The number of aromatic hydroxyl groups is 1. The van der Waals surface area contributed by atoms with Crippen molar-refractivity contribution in [1.29, 1.82) is 5.26 Å². The van der Waals surface area contributed by atoms with Gasteiger partial charge in [0.05, 0.1) is 39.8 Å². The van der Waals surface area contributed by atoms with Crippen molar-refractivity contribution in [2.45, 2.75) is 19.4 Å². The summed E-state index contributed by atoms with van der Waals surface area (Å²) in [5, 5.41) is 30.1. The zero-order valence-electron chi connectivity index (χ0n) is 24.9. The zero-order chi connectivity index (χ0) is 31.9. The molecule has 0 aliphatic carbocycles. The van der Waals surface area contributed by atoms with E-state index >= 15 is 0 Å². The molecule has 45 heavy (non-hydrogen) atoms. The van der Waals surface area contributed by atoms with Crippen molar-refractivity contribution in [3.05, 3.63) is 89.4 Å². The van der Waals surface area contributed by atoms with E-state index in [1.807, 2.05) is 18.2 Å². The lowest BCUT2D eigenvalue weighted by atomic mass is 10.1. The number of hydrogen-bond donors (Lipinski definition) is 4. The number of phenols is 1. The third-order valence-electron chi connectivity index (χ3n) is 6.51. The highest BCUT2D eigenvalue weighted by Gasteiger charge is 2.15. The van der Waals surface area contributed by atoms with E-state index in [1.54, 1.807) is 43.6 Å². The average Bonchev–Trinajstić information content (AvgIpc) is 3.64. The Bertz CT molecular complexity index is 1630. The minimum atomic E-state index is -0.421. The fraction of sp³-hybridized carbons (Fsp3) is 0.273. The molecule has 0 saturated carbocycles. The quantitative estimate of drug-likeness (QED) is 0.0870. The Morgan fingerprint density at radius 2 is 2.02 bits per heavy atom. The monoisotopic (exact) mass is 630 g/mol. The van der Waals surface area contributed by atoms with Gasteiger partial charge in [-0.1, -0.05) is 23.7 Å². The van der Waals surface area contributed by atoms with Crippen LogP contribution in [0.4, 0.5) is 17.1 Å². The molecule has 4 N–H and O–H groups in total. The van der Waals surface area contributed by atoms with Crippen molar-refractivity contribution in [2.75, 3.05) is 50.7 Å². The molecule has 1 fully saturated rings. The van der Waals surface area contributed by atoms with Crippen LogP contribution in [-0.2, 0) is 20.9 Å². The number of hydrogen-bond acceptors (Lipinski definition) is 10. The van der Waals surface area contributed by atoms with Crippen LogP contribution in [0.3, 0.4) is 0 Å². The van der Waals surface area contributed by atoms with Crippen LogP contribution in [0.5, 0.6) is 11.5 Å². The number of pyridine rings is 2. The molecule has 12 heteroatoms. The van der Waals surface area contributed by atoms with E-state index in [0.29, 0.717) is 52.7 Å². The van der Waals surface area contributed by atoms with Gasteiger partial charge in [0.2, 0.25) is 5.91 Å². The first-order valence-corrected chi connectivity index (χ1v) is 14.8. The second kappa shape index (κ2) is 17.5. The number of phenolic OH excluding ortho intramolecular Hbond substituents is 1. The van der Waals surface area contributed by atoms with Gasteiger partial charge in [-0.05, 0) is 49.2 Å². The molecule has 2 aromatic heterocycles. The summed E-state index contributed by atoms with van der Waals surface area (Å²) in [4.78, 5) is 20.9. The largest absolute Gasteiger partial charge is 0.506 e. The van der Waals surface area contributed by atoms with Gasteiger partial charge in [-0.15, -0.1) is 0 Å². The lowest BCUT2D eigenvalue weighted by molar-refractivity contribution is -0.111. The number of amides is 1. The molecule has 0 spiro atoms. The number of fused-ring (bicyclic) bond motifs is 1. The highest BCUT2D eigenvalue weighted by atomic mass is 35.5. The molecule has 0 unspecified atom stereocenters. The van der Waals surface area contributed by atoms with Crippen LogP contribution >= 0.6 is 11.6 Å². The Balaban J connectivity index is 0.000000838. The maximum Gasteiger partial charge on any atom is 0.248 e. The second-order valence-corrected chi connectivity index (χ2v) is 10.2. The van der Waals surface area contributed by atoms with Crippen LogP contribution in [0.1, 0.15) is 24.1 Å². The van der Waals surface area contributed by atoms with Crippen LogP contribution in [0.2, 0.25) is 5.02 Å². The number of aromatic nitrogens is 2. The Morgan fingerprint density at radius 1 is 1.18 bits per heavy atom. The topological polar surface area (TPSA) is 151 Å². The van der Waals surface area contributed by atoms with Crippen LogP contribution in [0.25, 0.3) is 10.9 Å². The van der Waals surface area contributed by atoms with Gasteiger partial charge in [-0.25, -0.2) is 0 Å². The normalized spacial score (nSPS) is 12.4. The molecule has 0 atom stereocenters. The fourth-order valence-corrected chi connectivity index (χ4v) is 4.47. The maximum atomic E-state index is 12.4. The molecular formula is C33H35ClN6O5. The number of nitrogens with zero attached hydrogens (tertiary/aromatic N) is 3. The highest BCUT2D eigenvalue weighted by Crippen LogP contribution is 2.36. The van der Waals surface area contributed by atoms with Crippen molar-refractivity contribution in [1.82, 2.24) is 15.3 Å². The summed E-state index contributed by atoms with van der Waals surface area (Å²) < 4.78 is 15.7. The molecule has 1 saturated heterocycles. The molecule has 1 aliphatic rings. The van der Waals surface area contributed by atoms with Crippen molar-refractivity contribution >= 4 is 45.5 Å². The Labute approximate surface area is 266 Å². The van der Waals surface area contributed by atoms with E-state index in [2.05, 4.69) is 32.0 Å². The second-order valence-electron chi connectivity index (χ2n) is 9.83. The fourth-order valence-electron chi connectivity index (χ4n) is 4.23. The van der Waals surface area contributed by atoms with E-state index in [1.165, 1.54) is 31.2 Å². The number of carbonyl (C=O) groups excluding carboxylic acids is 1. The first-order chi connectivity index (χ1) is 22.0. The minimum Gasteiger partial charge on any atom is -0.506 e. The summed E-state index contributed by atoms with van der Waals surface area (Å²) in [6.45, 7) is 3.97. The van der Waals surface area contributed by atoms with Crippen molar-refractivity contribution in [3.8, 4) is 17.6 Å². The van der Waals surface area contributed by atoms with Crippen molar-refractivity contribution < 1.29 is 24.1 Å². The summed E-state index contributed by atoms with van der Waals surface area (Å²) in [6.07, 6.45) is 8.69. The molecule has 1 amide bonds. The number of rotatable bonds is 12. The van der Waals surface area contributed by atoms with E-state index < -0.39 is 5.91 Å². The molecule has 4 aromatic rings. The first-order valence-electron chi connectivity index (χ1n) is 14.4. The summed E-state index contributed by atoms with van der Waals surface area (Å²) in [7, 11) is 1.61. The molecule has 0 radical (unpaired) electrons. The van der Waals surface area contributed by atoms with Gasteiger partial charge in [0.25, 0.3) is 0 Å². The maximum absolute atomic E-state index is 12.4. The zero-order valence-corrected chi connectivity index (χ0v) is 25.6. The Morgan fingerprint density at radius 3 is 2.71 bits per heavy atom. The van der Waals surface area contributed by atoms with Crippen LogP contribution in [0, 0.1) is 11.3 Å². The summed E-state index contributed by atoms with van der Waals surface area (Å²) in [6, 6.07) is 15.8. The molecule has 234 valence electrons. The van der Waals surface area contributed by atoms with E-state index in [9.17, 15) is 15.2 Å². The minimum absolute atomic E-state index is 0.159. The molecule has 11 nitrogen and oxygen atoms in total. The van der Waals surface area contributed by atoms with E-state index in [0.717, 1.165) is 18.9 Å². The van der Waals surface area contributed by atoms with Gasteiger partial charge in [0.15, 0.2) is 0 Å². The van der Waals surface area contributed by atoms with Crippen LogP contribution in [-0.4, -0.2) is 61.0 Å². The number of methoxy groups -OCH3 is 1. The number of benzene rings is 2. The van der Waals surface area contributed by atoms with Gasteiger partial charge in [-0.2, -0.15) is 5.26 Å². The van der Waals surface area contributed by atoms with Gasteiger partial charge >= 0.3 is 0 Å². The number of carbonyl (C=O) groups is 1. The average molecular weight is 631 g/mol. The molecule has 5 rings (SSSR count). The van der Waals surface area contributed by atoms with Crippen LogP contribution in [0.15, 0.2) is 73.1 Å². The number of nitrogens with one attached hydrogen (secondary N) is 3. The Hall–Kier alpha value is -4.73. The molecular weight excluding hydrogens is 596 g/mol. The first kappa shape index (κ1) is 33.2. The standard InChI is InChI=1S/C29H27ClN6O4.C4H8O/c1-39-12-11-32-9-4-6-28(38)36-25-14-22-24(15-26(25)37)34-17-19(16-31)29(22)35-20-7-8-27(23(30)13-20)40-18-21-5-2-3-10-33-21;1-2-4-5-3-1/h2-8,10,13-15,17,32,37H,9,11-12,18H2,1H3,(H,34,35)(H,36,38);1-4H2/b6-4+;. The number of ether oxygens (including phenoxy) is 3. The smallest absolute Gasteiger partial charge is 0.248 e. The lowest BCUT2D eigenvalue weighted by Crippen LogP contribution is -2.19. The third kappa shape index (κ3) is 10.2. The van der Waals surface area contributed by atoms with Crippen LogP contribution < -0.4 is 20.7 Å². The summed E-state index contributed by atoms with van der Waals surface area (Å²) in [5.41, 5.74) is 2.68. The van der Waals surface area contributed by atoms with E-state index in [4.69, 9.17) is 25.8 Å². The predicted octanol–water partition coefficient (Wildman–Crippen LogP) is 5.71. The summed E-state index contributed by atoms with van der Waals surface area (Å²) >= 11 is 6.47. The third-order valence-corrected chi connectivity index (χ3v) is 6.80. The van der Waals surface area contributed by atoms with Crippen molar-refractivity contribution in [3.63, 3.8) is 0 Å². The molecule has 0 bridgehead atoms. The highest BCUT2D eigenvalue weighted by molar-refractivity contribution is 6.32. The van der Waals surface area contributed by atoms with Gasteiger partial charge in [0, 0.05) is 69.0 Å². The summed E-state index contributed by atoms with van der Waals surface area (Å²) in [5.74, 6) is -0.0990. The predicted molar refractivity (Wildman–Crippen MR) is 174 cm³/mol.